The molecule has 4 rings (SSSR count). The number of esters is 1. The van der Waals surface area contributed by atoms with E-state index in [0.29, 0.717) is 0 Å². The van der Waals surface area contributed by atoms with Gasteiger partial charge in [-0.2, -0.15) is 0 Å². The lowest BCUT2D eigenvalue weighted by atomic mass is 9.98. The zero-order chi connectivity index (χ0) is 31.2. The molecule has 1 aliphatic carbocycles. The molecule has 0 saturated carbocycles. The summed E-state index contributed by atoms with van der Waals surface area (Å²) < 4.78 is 36.4. The number of carbonyl (C=O) groups is 3. The number of sulfone groups is 1. The van der Waals surface area contributed by atoms with E-state index >= 15 is 0 Å². The number of carbonyl (C=O) groups excluding carboxylic acids is 3. The van der Waals surface area contributed by atoms with Gasteiger partial charge in [0.2, 0.25) is 5.91 Å². The van der Waals surface area contributed by atoms with Crippen LogP contribution in [-0.2, 0) is 28.9 Å². The molecule has 0 bridgehead atoms. The smallest absolute Gasteiger partial charge is 0.407 e. The molecule has 0 saturated heterocycles. The van der Waals surface area contributed by atoms with Crippen LogP contribution in [0.5, 0.6) is 0 Å². The van der Waals surface area contributed by atoms with Crippen molar-refractivity contribution in [1.29, 1.82) is 0 Å². The van der Waals surface area contributed by atoms with E-state index in [1.54, 1.807) is 39.0 Å². The fraction of sp³-hybridized carbons (Fsp3) is 0.303. The molecule has 0 unspecified atom stereocenters. The first-order chi connectivity index (χ1) is 20.3. The Balaban J connectivity index is 1.39. The first-order valence-electron chi connectivity index (χ1n) is 14.0. The Hall–Kier alpha value is -4.44. The largest absolute Gasteiger partial charge is 0.460 e. The lowest BCUT2D eigenvalue weighted by Gasteiger charge is -2.23. The fourth-order valence-corrected chi connectivity index (χ4v) is 5.90. The second-order valence-electron chi connectivity index (χ2n) is 11.3. The summed E-state index contributed by atoms with van der Waals surface area (Å²) in [6.45, 7) is 6.65. The first-order valence-corrected chi connectivity index (χ1v) is 15.5. The standard InChI is InChI=1S/C33H36N2O7S/c1-22(34-32(38)41-21-29-27-16-10-8-14-25(27)26-15-9-11-17-28(26)29)31(37)35-23(20-30(36)42-33(2,3)4)18-19-43(39,40)24-12-6-5-7-13-24/h5-19,22-23,29H,20-21H2,1-4H3,(H,34,38)(H,35,37)/b19-18+/t22-,23+/m0/s1. The second-order valence-corrected chi connectivity index (χ2v) is 13.1. The Morgan fingerprint density at radius 2 is 1.42 bits per heavy atom. The minimum Gasteiger partial charge on any atom is -0.460 e. The van der Waals surface area contributed by atoms with Crippen molar-refractivity contribution in [3.63, 3.8) is 0 Å². The molecule has 2 amide bonds. The number of amides is 2. The Morgan fingerprint density at radius 1 is 0.860 bits per heavy atom. The predicted octanol–water partition coefficient (Wildman–Crippen LogP) is 5.12. The van der Waals surface area contributed by atoms with Crippen molar-refractivity contribution in [2.24, 2.45) is 0 Å². The molecule has 1 aliphatic rings. The van der Waals surface area contributed by atoms with E-state index in [2.05, 4.69) is 10.6 Å². The minimum absolute atomic E-state index is 0.0684. The number of rotatable bonds is 10. The zero-order valence-electron chi connectivity index (χ0n) is 24.6. The third-order valence-corrected chi connectivity index (χ3v) is 8.21. The van der Waals surface area contributed by atoms with E-state index in [4.69, 9.17) is 9.47 Å². The number of hydrogen-bond acceptors (Lipinski definition) is 7. The molecule has 0 spiro atoms. The molecule has 43 heavy (non-hydrogen) atoms. The van der Waals surface area contributed by atoms with Crippen molar-refractivity contribution >= 4 is 27.8 Å². The van der Waals surface area contributed by atoms with Crippen molar-refractivity contribution in [1.82, 2.24) is 10.6 Å². The first kappa shape index (κ1) is 31.5. The van der Waals surface area contributed by atoms with Gasteiger partial charge < -0.3 is 20.1 Å². The molecular weight excluding hydrogens is 568 g/mol. The average Bonchev–Trinajstić information content (AvgIpc) is 3.28. The molecule has 0 heterocycles. The summed E-state index contributed by atoms with van der Waals surface area (Å²) in [5, 5.41) is 6.09. The van der Waals surface area contributed by atoms with Crippen LogP contribution in [-0.4, -0.2) is 50.7 Å². The van der Waals surface area contributed by atoms with Gasteiger partial charge in [-0.15, -0.1) is 0 Å². The van der Waals surface area contributed by atoms with Gasteiger partial charge in [0.25, 0.3) is 0 Å². The summed E-state index contributed by atoms with van der Waals surface area (Å²) in [5.74, 6) is -1.40. The summed E-state index contributed by atoms with van der Waals surface area (Å²) in [4.78, 5) is 38.3. The van der Waals surface area contributed by atoms with Gasteiger partial charge in [-0.1, -0.05) is 66.7 Å². The lowest BCUT2D eigenvalue weighted by Crippen LogP contribution is -2.48. The maximum atomic E-state index is 13.0. The molecule has 0 aromatic heterocycles. The maximum Gasteiger partial charge on any atom is 0.407 e. The highest BCUT2D eigenvalue weighted by Gasteiger charge is 2.30. The number of fused-ring (bicyclic) bond motifs is 3. The number of hydrogen-bond donors (Lipinski definition) is 2. The summed E-state index contributed by atoms with van der Waals surface area (Å²) in [7, 11) is -3.83. The topological polar surface area (TPSA) is 128 Å². The van der Waals surface area contributed by atoms with Crippen molar-refractivity contribution in [2.45, 2.75) is 62.6 Å². The van der Waals surface area contributed by atoms with E-state index in [1.807, 2.05) is 48.5 Å². The molecule has 0 aliphatic heterocycles. The molecule has 2 atom stereocenters. The van der Waals surface area contributed by atoms with Crippen molar-refractivity contribution in [2.75, 3.05) is 6.61 Å². The third-order valence-electron chi connectivity index (χ3n) is 6.77. The summed E-state index contributed by atoms with van der Waals surface area (Å²) in [6, 6.07) is 21.6. The molecule has 10 heteroatoms. The Kier molecular flexibility index (Phi) is 9.70. The van der Waals surface area contributed by atoms with E-state index in [-0.39, 0.29) is 23.8 Å². The Labute approximate surface area is 252 Å². The van der Waals surface area contributed by atoms with Crippen LogP contribution in [0.25, 0.3) is 11.1 Å². The zero-order valence-corrected chi connectivity index (χ0v) is 25.4. The highest BCUT2D eigenvalue weighted by Crippen LogP contribution is 2.44. The van der Waals surface area contributed by atoms with Gasteiger partial charge in [0.05, 0.1) is 17.4 Å². The highest BCUT2D eigenvalue weighted by atomic mass is 32.2. The number of alkyl carbamates (subject to hydrolysis) is 1. The monoisotopic (exact) mass is 604 g/mol. The van der Waals surface area contributed by atoms with E-state index in [1.165, 1.54) is 25.1 Å². The van der Waals surface area contributed by atoms with Crippen molar-refractivity contribution in [3.05, 3.63) is 101 Å². The van der Waals surface area contributed by atoms with E-state index < -0.39 is 45.5 Å². The van der Waals surface area contributed by atoms with Crippen LogP contribution in [0.1, 0.15) is 51.2 Å². The molecule has 3 aromatic carbocycles. The molecular formula is C33H36N2O7S. The third kappa shape index (κ3) is 8.32. The van der Waals surface area contributed by atoms with Crippen molar-refractivity contribution < 1.29 is 32.3 Å². The second kappa shape index (κ2) is 13.2. The molecule has 0 fully saturated rings. The molecule has 226 valence electrons. The summed E-state index contributed by atoms with van der Waals surface area (Å²) >= 11 is 0. The predicted molar refractivity (Wildman–Crippen MR) is 163 cm³/mol. The number of ether oxygens (including phenoxy) is 2. The van der Waals surface area contributed by atoms with Gasteiger partial charge in [-0.25, -0.2) is 13.2 Å². The van der Waals surface area contributed by atoms with Gasteiger partial charge in [-0.3, -0.25) is 9.59 Å². The summed E-state index contributed by atoms with van der Waals surface area (Å²) in [6.07, 6.45) is 0.126. The minimum atomic E-state index is -3.83. The quantitative estimate of drug-likeness (QED) is 0.308. The lowest BCUT2D eigenvalue weighted by molar-refractivity contribution is -0.155. The Bertz CT molecular complexity index is 1570. The average molecular weight is 605 g/mol. The summed E-state index contributed by atoms with van der Waals surface area (Å²) in [5.41, 5.74) is 3.54. The van der Waals surface area contributed by atoms with E-state index in [9.17, 15) is 22.8 Å². The normalized spacial score (nSPS) is 14.3. The number of benzene rings is 3. The van der Waals surface area contributed by atoms with Gasteiger partial charge >= 0.3 is 12.1 Å². The maximum absolute atomic E-state index is 13.0. The van der Waals surface area contributed by atoms with Crippen LogP contribution < -0.4 is 10.6 Å². The van der Waals surface area contributed by atoms with Crippen LogP contribution in [0, 0.1) is 0 Å². The molecule has 3 aromatic rings. The van der Waals surface area contributed by atoms with Gasteiger partial charge in [0.15, 0.2) is 9.84 Å². The fourth-order valence-electron chi connectivity index (χ4n) is 4.81. The van der Waals surface area contributed by atoms with Gasteiger partial charge in [0, 0.05) is 11.3 Å². The Morgan fingerprint density at radius 3 is 2.00 bits per heavy atom. The number of nitrogens with one attached hydrogen (secondary N) is 2. The van der Waals surface area contributed by atoms with Crippen LogP contribution in [0.2, 0.25) is 0 Å². The van der Waals surface area contributed by atoms with Gasteiger partial charge in [0.1, 0.15) is 18.2 Å². The van der Waals surface area contributed by atoms with Crippen LogP contribution in [0.15, 0.2) is 95.2 Å². The van der Waals surface area contributed by atoms with Crippen LogP contribution in [0.4, 0.5) is 4.79 Å². The van der Waals surface area contributed by atoms with Crippen molar-refractivity contribution in [3.8, 4) is 11.1 Å². The van der Waals surface area contributed by atoms with Crippen LogP contribution >= 0.6 is 0 Å². The highest BCUT2D eigenvalue weighted by molar-refractivity contribution is 7.94. The molecule has 9 nitrogen and oxygen atoms in total. The van der Waals surface area contributed by atoms with E-state index in [0.717, 1.165) is 27.7 Å². The molecule has 2 N–H and O–H groups in total. The molecule has 0 radical (unpaired) electrons. The SMILES string of the molecule is C[C@H](NC(=O)OCC1c2ccccc2-c2ccccc21)C(=O)N[C@H](/C=C/S(=O)(=O)c1ccccc1)CC(=O)OC(C)(C)C. The van der Waals surface area contributed by atoms with Gasteiger partial charge in [-0.05, 0) is 68.2 Å². The van der Waals surface area contributed by atoms with Crippen LogP contribution in [0.3, 0.4) is 0 Å².